The molecule has 8 heteroatoms. The van der Waals surface area contributed by atoms with E-state index in [1.807, 2.05) is 0 Å². The number of hydrogen-bond donors (Lipinski definition) is 2. The Kier molecular flexibility index (Phi) is 8.53. The minimum Gasteiger partial charge on any atom is -0.388 e. The van der Waals surface area contributed by atoms with Crippen LogP contribution in [0.15, 0.2) is 0 Å². The van der Waals surface area contributed by atoms with Crippen molar-refractivity contribution in [3.63, 3.8) is 0 Å². The second-order valence-corrected chi connectivity index (χ2v) is 19.2. The summed E-state index contributed by atoms with van der Waals surface area (Å²) in [6.07, 6.45) is 11.8. The van der Waals surface area contributed by atoms with E-state index in [4.69, 9.17) is 18.9 Å². The van der Waals surface area contributed by atoms with Crippen LogP contribution in [0.4, 0.5) is 0 Å². The SMILES string of the molecule is COCCN1CC(CN2CCOC(O[C@H]3CCC45C[C@]46CCC4(C)C7CCC(C(O)C(C)(C)O)OC7CC4C6CCC5C3(C)C)C2)C1. The molecule has 5 saturated carbocycles. The maximum Gasteiger partial charge on any atom is 0.170 e. The Morgan fingerprint density at radius 2 is 1.70 bits per heavy atom. The Bertz CT molecular complexity index is 1150. The Hall–Kier alpha value is -0.320. The third-order valence-electron chi connectivity index (χ3n) is 16.2. The molecule has 2 N–H and O–H groups in total. The average molecular weight is 659 g/mol. The second-order valence-electron chi connectivity index (χ2n) is 19.2. The maximum atomic E-state index is 10.9. The fourth-order valence-electron chi connectivity index (χ4n) is 13.8. The Balaban J connectivity index is 0.902. The summed E-state index contributed by atoms with van der Waals surface area (Å²) in [5.41, 5.74) is 0.384. The fraction of sp³-hybridized carbons (Fsp3) is 1.00. The first-order chi connectivity index (χ1) is 22.3. The van der Waals surface area contributed by atoms with Gasteiger partial charge in [0.25, 0.3) is 0 Å². The lowest BCUT2D eigenvalue weighted by Gasteiger charge is -2.60. The molecule has 8 aliphatic rings. The van der Waals surface area contributed by atoms with E-state index in [9.17, 15) is 10.2 Å². The molecule has 8 rings (SSSR count). The predicted octanol–water partition coefficient (Wildman–Crippen LogP) is 4.95. The first-order valence-electron chi connectivity index (χ1n) is 19.6. The Morgan fingerprint density at radius 1 is 0.915 bits per heavy atom. The van der Waals surface area contributed by atoms with Crippen molar-refractivity contribution in [1.82, 2.24) is 9.80 Å². The van der Waals surface area contributed by atoms with Crippen molar-refractivity contribution < 1.29 is 29.2 Å². The molecule has 268 valence electrons. The number of ether oxygens (including phenoxy) is 4. The number of fused-ring (bicyclic) bond motifs is 4. The molecule has 3 heterocycles. The smallest absolute Gasteiger partial charge is 0.170 e. The van der Waals surface area contributed by atoms with Gasteiger partial charge in [-0.25, -0.2) is 0 Å². The number of aliphatic hydroxyl groups excluding tert-OH is 1. The summed E-state index contributed by atoms with van der Waals surface area (Å²) in [6, 6.07) is 0. The lowest BCUT2D eigenvalue weighted by atomic mass is 9.46. The molecule has 47 heavy (non-hydrogen) atoms. The maximum absolute atomic E-state index is 10.9. The zero-order chi connectivity index (χ0) is 33.0. The summed E-state index contributed by atoms with van der Waals surface area (Å²) in [5, 5.41) is 21.4. The number of methoxy groups -OCH3 is 1. The molecular formula is C39H66N2O6. The quantitative estimate of drug-likeness (QED) is 0.361. The fourth-order valence-corrected chi connectivity index (χ4v) is 13.8. The topological polar surface area (TPSA) is 83.9 Å². The number of rotatable bonds is 9. The van der Waals surface area contributed by atoms with Gasteiger partial charge < -0.3 is 34.1 Å². The van der Waals surface area contributed by atoms with E-state index in [0.717, 1.165) is 82.3 Å². The van der Waals surface area contributed by atoms with Crippen LogP contribution in [0.3, 0.4) is 0 Å². The molecule has 0 aromatic carbocycles. The van der Waals surface area contributed by atoms with Gasteiger partial charge in [-0.05, 0) is 129 Å². The molecular weight excluding hydrogens is 592 g/mol. The van der Waals surface area contributed by atoms with Crippen LogP contribution in [0.25, 0.3) is 0 Å². The van der Waals surface area contributed by atoms with Crippen LogP contribution in [0.5, 0.6) is 0 Å². The molecule has 0 bridgehead atoms. The van der Waals surface area contributed by atoms with Crippen LogP contribution in [0, 0.1) is 51.2 Å². The van der Waals surface area contributed by atoms with Crippen LogP contribution in [-0.2, 0) is 18.9 Å². The summed E-state index contributed by atoms with van der Waals surface area (Å²) >= 11 is 0. The minimum absolute atomic E-state index is 0.104. The second kappa shape index (κ2) is 11.9. The summed E-state index contributed by atoms with van der Waals surface area (Å²) in [4.78, 5) is 5.10. The van der Waals surface area contributed by atoms with Crippen LogP contribution in [0.2, 0.25) is 0 Å². The monoisotopic (exact) mass is 658 g/mol. The van der Waals surface area contributed by atoms with Crippen molar-refractivity contribution in [3.05, 3.63) is 0 Å². The van der Waals surface area contributed by atoms with E-state index in [1.165, 1.54) is 58.0 Å². The van der Waals surface area contributed by atoms with Crippen molar-refractivity contribution in [2.75, 3.05) is 59.6 Å². The predicted molar refractivity (Wildman–Crippen MR) is 181 cm³/mol. The van der Waals surface area contributed by atoms with E-state index >= 15 is 0 Å². The van der Waals surface area contributed by atoms with Gasteiger partial charge in [0.15, 0.2) is 6.29 Å². The highest BCUT2D eigenvalue weighted by Crippen LogP contribution is 2.87. The van der Waals surface area contributed by atoms with E-state index in [1.54, 1.807) is 21.0 Å². The van der Waals surface area contributed by atoms with E-state index in [-0.39, 0.29) is 30.0 Å². The Morgan fingerprint density at radius 3 is 2.47 bits per heavy atom. The third kappa shape index (κ3) is 5.35. The average Bonchev–Trinajstić information content (AvgIpc) is 3.58. The lowest BCUT2D eigenvalue weighted by Crippen LogP contribution is -2.57. The third-order valence-corrected chi connectivity index (χ3v) is 16.2. The molecule has 3 saturated heterocycles. The van der Waals surface area contributed by atoms with Crippen LogP contribution in [0.1, 0.15) is 98.8 Å². The molecule has 0 radical (unpaired) electrons. The first-order valence-corrected chi connectivity index (χ1v) is 19.6. The molecule has 2 spiro atoms. The standard InChI is InChI=1S/C39H66N2O6/c1-35(2)31-10-8-26-28-19-30-27(7-9-29(46-30)34(42)36(3,4)43)37(28,5)13-14-38(26)24-39(31,38)12-11-32(35)47-33-23-41(16-18-45-33)22-25-20-40(21-25)15-17-44-6/h25-34,42-43H,7-24H2,1-6H3/t26?,27?,28?,29?,30?,31?,32-,33?,34?,37?,38-,39?/m0/s1. The number of likely N-dealkylation sites (tertiary alicyclic amines) is 1. The van der Waals surface area contributed by atoms with Gasteiger partial charge in [-0.1, -0.05) is 20.8 Å². The van der Waals surface area contributed by atoms with E-state index in [0.29, 0.717) is 22.2 Å². The van der Waals surface area contributed by atoms with E-state index in [2.05, 4.69) is 30.6 Å². The number of aliphatic hydroxyl groups is 2. The van der Waals surface area contributed by atoms with Crippen molar-refractivity contribution in [2.45, 2.75) is 135 Å². The van der Waals surface area contributed by atoms with Crippen LogP contribution < -0.4 is 0 Å². The summed E-state index contributed by atoms with van der Waals surface area (Å²) in [5.74, 6) is 3.62. The van der Waals surface area contributed by atoms with Gasteiger partial charge in [-0.3, -0.25) is 4.90 Å². The number of morpholine rings is 1. The van der Waals surface area contributed by atoms with Crippen molar-refractivity contribution in [1.29, 1.82) is 0 Å². The molecule has 8 fully saturated rings. The van der Waals surface area contributed by atoms with Gasteiger partial charge in [-0.15, -0.1) is 0 Å². The molecule has 0 aromatic heterocycles. The van der Waals surface area contributed by atoms with Gasteiger partial charge in [0.2, 0.25) is 0 Å². The molecule has 10 unspecified atom stereocenters. The molecule has 0 aromatic rings. The summed E-state index contributed by atoms with van der Waals surface area (Å²) in [6.45, 7) is 19.2. The summed E-state index contributed by atoms with van der Waals surface area (Å²) < 4.78 is 25.2. The normalized spacial score (nSPS) is 48.8. The van der Waals surface area contributed by atoms with Gasteiger partial charge >= 0.3 is 0 Å². The zero-order valence-electron chi connectivity index (χ0n) is 30.4. The van der Waals surface area contributed by atoms with Crippen LogP contribution in [-0.4, -0.2) is 116 Å². The number of hydrogen-bond acceptors (Lipinski definition) is 8. The van der Waals surface area contributed by atoms with Crippen molar-refractivity contribution >= 4 is 0 Å². The van der Waals surface area contributed by atoms with Crippen molar-refractivity contribution in [2.24, 2.45) is 51.2 Å². The van der Waals surface area contributed by atoms with Gasteiger partial charge in [0.1, 0.15) is 6.10 Å². The van der Waals surface area contributed by atoms with Gasteiger partial charge in [0.05, 0.1) is 37.1 Å². The van der Waals surface area contributed by atoms with E-state index < -0.39 is 11.7 Å². The van der Waals surface area contributed by atoms with Gasteiger partial charge in [-0.2, -0.15) is 0 Å². The molecule has 3 aliphatic heterocycles. The van der Waals surface area contributed by atoms with Crippen LogP contribution >= 0.6 is 0 Å². The largest absolute Gasteiger partial charge is 0.388 e. The van der Waals surface area contributed by atoms with Gasteiger partial charge in [0, 0.05) is 46.4 Å². The molecule has 5 aliphatic carbocycles. The number of nitrogens with zero attached hydrogens (tertiary/aromatic N) is 2. The van der Waals surface area contributed by atoms with Crippen molar-refractivity contribution in [3.8, 4) is 0 Å². The molecule has 0 amide bonds. The highest BCUT2D eigenvalue weighted by atomic mass is 16.7. The molecule has 12 atom stereocenters. The molecule has 8 nitrogen and oxygen atoms in total. The highest BCUT2D eigenvalue weighted by Gasteiger charge is 2.80. The Labute approximate surface area is 284 Å². The lowest BCUT2D eigenvalue weighted by molar-refractivity contribution is -0.246. The summed E-state index contributed by atoms with van der Waals surface area (Å²) in [7, 11) is 1.79. The first kappa shape index (κ1) is 33.8. The zero-order valence-corrected chi connectivity index (χ0v) is 30.4. The minimum atomic E-state index is -1.13. The highest BCUT2D eigenvalue weighted by molar-refractivity contribution is 5.29.